The van der Waals surface area contributed by atoms with Gasteiger partial charge in [0, 0.05) is 18.2 Å². The maximum Gasteiger partial charge on any atom is 0.191 e. The van der Waals surface area contributed by atoms with Crippen molar-refractivity contribution in [2.75, 3.05) is 12.9 Å². The Morgan fingerprint density at radius 3 is 2.83 bits per heavy atom. The Hall–Kier alpha value is -1.60. The standard InChI is InChI=1S/C16H20FN3O2S/c1-3-20-15(10-4-5-10)18-19-16(20)23-9-13(21)11-6-7-14(22-2)12(17)8-11/h6-8,10,13,21H,3-5,9H2,1-2H3. The molecule has 5 nitrogen and oxygen atoms in total. The third-order valence-electron chi connectivity index (χ3n) is 3.94. The van der Waals surface area contributed by atoms with Crippen LogP contribution < -0.4 is 4.74 Å². The van der Waals surface area contributed by atoms with E-state index < -0.39 is 11.9 Å². The molecule has 1 aromatic heterocycles. The average molecular weight is 337 g/mol. The lowest BCUT2D eigenvalue weighted by molar-refractivity contribution is 0.203. The van der Waals surface area contributed by atoms with Crippen molar-refractivity contribution in [1.82, 2.24) is 14.8 Å². The van der Waals surface area contributed by atoms with Gasteiger partial charge in [-0.2, -0.15) is 0 Å². The predicted octanol–water partition coefficient (Wildman–Crippen LogP) is 3.15. The van der Waals surface area contributed by atoms with Gasteiger partial charge in [-0.3, -0.25) is 0 Å². The Morgan fingerprint density at radius 1 is 1.43 bits per heavy atom. The van der Waals surface area contributed by atoms with Crippen molar-refractivity contribution in [3.8, 4) is 5.75 Å². The van der Waals surface area contributed by atoms with E-state index in [1.54, 1.807) is 6.07 Å². The van der Waals surface area contributed by atoms with Crippen molar-refractivity contribution in [3.63, 3.8) is 0 Å². The highest BCUT2D eigenvalue weighted by Crippen LogP contribution is 2.40. The molecule has 1 heterocycles. The van der Waals surface area contributed by atoms with Gasteiger partial charge in [-0.1, -0.05) is 17.8 Å². The van der Waals surface area contributed by atoms with Crippen LogP contribution in [0.5, 0.6) is 5.75 Å². The van der Waals surface area contributed by atoms with Crippen molar-refractivity contribution >= 4 is 11.8 Å². The second-order valence-corrected chi connectivity index (χ2v) is 6.57. The number of hydrogen-bond acceptors (Lipinski definition) is 5. The normalized spacial score (nSPS) is 15.7. The van der Waals surface area contributed by atoms with Gasteiger partial charge in [0.1, 0.15) is 5.82 Å². The molecule has 1 saturated carbocycles. The van der Waals surface area contributed by atoms with Gasteiger partial charge in [0.05, 0.1) is 13.2 Å². The molecule has 0 spiro atoms. The predicted molar refractivity (Wildman–Crippen MR) is 86.3 cm³/mol. The zero-order valence-electron chi connectivity index (χ0n) is 13.2. The molecule has 1 aromatic carbocycles. The van der Waals surface area contributed by atoms with E-state index in [-0.39, 0.29) is 5.75 Å². The monoisotopic (exact) mass is 337 g/mol. The summed E-state index contributed by atoms with van der Waals surface area (Å²) >= 11 is 1.44. The first-order valence-corrected chi connectivity index (χ1v) is 8.70. The number of benzene rings is 1. The van der Waals surface area contributed by atoms with Gasteiger partial charge in [-0.05, 0) is 37.5 Å². The van der Waals surface area contributed by atoms with Gasteiger partial charge >= 0.3 is 0 Å². The summed E-state index contributed by atoms with van der Waals surface area (Å²) in [6.07, 6.45) is 1.58. The number of nitrogens with zero attached hydrogens (tertiary/aromatic N) is 3. The molecule has 0 radical (unpaired) electrons. The van der Waals surface area contributed by atoms with E-state index >= 15 is 0 Å². The van der Waals surface area contributed by atoms with E-state index in [1.165, 1.54) is 43.8 Å². The van der Waals surface area contributed by atoms with Crippen LogP contribution in [0.1, 0.15) is 43.2 Å². The fourth-order valence-corrected chi connectivity index (χ4v) is 3.46. The molecule has 0 saturated heterocycles. The third kappa shape index (κ3) is 3.50. The van der Waals surface area contributed by atoms with Gasteiger partial charge in [0.15, 0.2) is 16.7 Å². The fourth-order valence-electron chi connectivity index (χ4n) is 2.49. The topological polar surface area (TPSA) is 60.2 Å². The average Bonchev–Trinajstić information content (AvgIpc) is 3.32. The lowest BCUT2D eigenvalue weighted by Crippen LogP contribution is -2.05. The Kier molecular flexibility index (Phi) is 4.87. The van der Waals surface area contributed by atoms with Gasteiger partial charge in [-0.15, -0.1) is 10.2 Å². The quantitative estimate of drug-likeness (QED) is 0.787. The Labute approximate surface area is 138 Å². The molecule has 0 aliphatic heterocycles. The summed E-state index contributed by atoms with van der Waals surface area (Å²) in [5.74, 6) is 1.68. The maximum atomic E-state index is 13.7. The van der Waals surface area contributed by atoms with Crippen LogP contribution in [0.2, 0.25) is 0 Å². The zero-order valence-corrected chi connectivity index (χ0v) is 14.0. The SMILES string of the molecule is CCn1c(SCC(O)c2ccc(OC)c(F)c2)nnc1C1CC1. The highest BCUT2D eigenvalue weighted by Gasteiger charge is 2.30. The molecule has 1 fully saturated rings. The molecule has 0 bridgehead atoms. The number of aliphatic hydroxyl groups excluding tert-OH is 1. The van der Waals surface area contributed by atoms with E-state index in [0.29, 0.717) is 17.2 Å². The van der Waals surface area contributed by atoms with E-state index in [1.807, 2.05) is 0 Å². The fraction of sp³-hybridized carbons (Fsp3) is 0.500. The number of methoxy groups -OCH3 is 1. The first kappa shape index (κ1) is 16.3. The number of halogens is 1. The zero-order chi connectivity index (χ0) is 16.4. The summed E-state index contributed by atoms with van der Waals surface area (Å²) in [6, 6.07) is 4.51. The van der Waals surface area contributed by atoms with Crippen molar-refractivity contribution < 1.29 is 14.2 Å². The molecule has 7 heteroatoms. The lowest BCUT2D eigenvalue weighted by atomic mass is 10.1. The molecule has 124 valence electrons. The van der Waals surface area contributed by atoms with Crippen LogP contribution in [0.25, 0.3) is 0 Å². The lowest BCUT2D eigenvalue weighted by Gasteiger charge is -2.12. The molecule has 1 atom stereocenters. The first-order chi connectivity index (χ1) is 11.1. The van der Waals surface area contributed by atoms with Crippen molar-refractivity contribution in [1.29, 1.82) is 0 Å². The highest BCUT2D eigenvalue weighted by molar-refractivity contribution is 7.99. The van der Waals surface area contributed by atoms with Gasteiger partial charge in [-0.25, -0.2) is 4.39 Å². The van der Waals surface area contributed by atoms with Gasteiger partial charge < -0.3 is 14.4 Å². The number of aliphatic hydroxyl groups is 1. The first-order valence-electron chi connectivity index (χ1n) is 7.71. The van der Waals surface area contributed by atoms with Crippen LogP contribution in [-0.2, 0) is 6.54 Å². The van der Waals surface area contributed by atoms with E-state index in [4.69, 9.17) is 4.74 Å². The minimum absolute atomic E-state index is 0.174. The molecule has 1 unspecified atom stereocenters. The summed E-state index contributed by atoms with van der Waals surface area (Å²) < 4.78 is 20.7. The van der Waals surface area contributed by atoms with Crippen molar-refractivity contribution in [2.24, 2.45) is 0 Å². The van der Waals surface area contributed by atoms with Crippen LogP contribution in [0.15, 0.2) is 23.4 Å². The number of ether oxygens (including phenoxy) is 1. The van der Waals surface area contributed by atoms with Gasteiger partial charge in [0.25, 0.3) is 0 Å². The van der Waals surface area contributed by atoms with Crippen molar-refractivity contribution in [3.05, 3.63) is 35.4 Å². The molecular formula is C16H20FN3O2S. The van der Waals surface area contributed by atoms with Crippen LogP contribution >= 0.6 is 11.8 Å². The second-order valence-electron chi connectivity index (χ2n) is 5.58. The Balaban J connectivity index is 1.67. The van der Waals surface area contributed by atoms with Crippen LogP contribution in [-0.4, -0.2) is 32.7 Å². The molecule has 2 aromatic rings. The second kappa shape index (κ2) is 6.88. The Morgan fingerprint density at radius 2 is 2.22 bits per heavy atom. The number of aromatic nitrogens is 3. The molecule has 1 aliphatic carbocycles. The Bertz CT molecular complexity index is 688. The largest absolute Gasteiger partial charge is 0.494 e. The van der Waals surface area contributed by atoms with E-state index in [2.05, 4.69) is 21.7 Å². The molecule has 1 N–H and O–H groups in total. The number of hydrogen-bond donors (Lipinski definition) is 1. The van der Waals surface area contributed by atoms with Crippen LogP contribution in [0.4, 0.5) is 4.39 Å². The van der Waals surface area contributed by atoms with Crippen molar-refractivity contribution in [2.45, 2.75) is 43.5 Å². The van der Waals surface area contributed by atoms with Crippen LogP contribution in [0, 0.1) is 5.82 Å². The summed E-state index contributed by atoms with van der Waals surface area (Å²) in [6.45, 7) is 2.88. The molecular weight excluding hydrogens is 317 g/mol. The summed E-state index contributed by atoms with van der Waals surface area (Å²) in [7, 11) is 1.42. The molecule has 3 rings (SSSR count). The van der Waals surface area contributed by atoms with Crippen LogP contribution in [0.3, 0.4) is 0 Å². The minimum atomic E-state index is -0.771. The maximum absolute atomic E-state index is 13.7. The number of thioether (sulfide) groups is 1. The number of rotatable bonds is 7. The van der Waals surface area contributed by atoms with E-state index in [9.17, 15) is 9.50 Å². The van der Waals surface area contributed by atoms with Gasteiger partial charge in [0.2, 0.25) is 0 Å². The summed E-state index contributed by atoms with van der Waals surface area (Å²) in [5, 5.41) is 19.6. The smallest absolute Gasteiger partial charge is 0.191 e. The molecule has 23 heavy (non-hydrogen) atoms. The minimum Gasteiger partial charge on any atom is -0.494 e. The summed E-state index contributed by atoms with van der Waals surface area (Å²) in [5.41, 5.74) is 0.529. The molecule has 1 aliphatic rings. The molecule has 0 amide bonds. The van der Waals surface area contributed by atoms with E-state index in [0.717, 1.165) is 17.5 Å². The highest BCUT2D eigenvalue weighted by atomic mass is 32.2. The summed E-state index contributed by atoms with van der Waals surface area (Å²) in [4.78, 5) is 0. The third-order valence-corrected chi connectivity index (χ3v) is 4.98.